The Kier molecular flexibility index (Phi) is 6.02. The van der Waals surface area contributed by atoms with Crippen LogP contribution in [0.5, 0.6) is 0 Å². The van der Waals surface area contributed by atoms with Crippen molar-refractivity contribution in [3.8, 4) is 0 Å². The molecular formula is C14H20N2O3. The average molecular weight is 264 g/mol. The number of rotatable bonds is 7. The molecule has 0 aromatic heterocycles. The second kappa shape index (κ2) is 7.53. The number of nitrogens with two attached hydrogens (primary N) is 1. The van der Waals surface area contributed by atoms with Crippen molar-refractivity contribution < 1.29 is 14.7 Å². The van der Waals surface area contributed by atoms with Gasteiger partial charge in [0.2, 0.25) is 5.91 Å². The first-order chi connectivity index (χ1) is 9.02. The summed E-state index contributed by atoms with van der Waals surface area (Å²) in [6.07, 6.45) is 1.12. The maximum absolute atomic E-state index is 11.7. The van der Waals surface area contributed by atoms with Crippen LogP contribution in [0.1, 0.15) is 25.3 Å². The Morgan fingerprint density at radius 3 is 2.47 bits per heavy atom. The number of amides is 1. The largest absolute Gasteiger partial charge is 0.481 e. The molecule has 4 N–H and O–H groups in total. The highest BCUT2D eigenvalue weighted by Crippen LogP contribution is 2.06. The fraction of sp³-hybridized carbons (Fsp3) is 0.429. The molecule has 1 aromatic carbocycles. The quantitative estimate of drug-likeness (QED) is 0.683. The van der Waals surface area contributed by atoms with Crippen molar-refractivity contribution in [3.05, 3.63) is 35.9 Å². The summed E-state index contributed by atoms with van der Waals surface area (Å²) >= 11 is 0. The molecule has 2 atom stereocenters. The Labute approximate surface area is 112 Å². The number of carboxylic acid groups (broad SMARTS) is 1. The normalized spacial score (nSPS) is 13.6. The van der Waals surface area contributed by atoms with E-state index in [-0.39, 0.29) is 12.5 Å². The zero-order valence-electron chi connectivity index (χ0n) is 11.0. The van der Waals surface area contributed by atoms with E-state index in [9.17, 15) is 9.59 Å². The van der Waals surface area contributed by atoms with Crippen LogP contribution in [-0.2, 0) is 16.0 Å². The fourth-order valence-electron chi connectivity index (χ4n) is 1.79. The van der Waals surface area contributed by atoms with Crippen molar-refractivity contribution in [1.29, 1.82) is 0 Å². The van der Waals surface area contributed by atoms with Crippen molar-refractivity contribution >= 4 is 11.9 Å². The smallest absolute Gasteiger partial charge is 0.305 e. The lowest BCUT2D eigenvalue weighted by molar-refractivity contribution is -0.139. The summed E-state index contributed by atoms with van der Waals surface area (Å²) in [4.78, 5) is 22.2. The molecule has 0 spiro atoms. The van der Waals surface area contributed by atoms with Gasteiger partial charge in [-0.15, -0.1) is 0 Å². The first-order valence-corrected chi connectivity index (χ1v) is 6.34. The monoisotopic (exact) mass is 264 g/mol. The lowest BCUT2D eigenvalue weighted by Gasteiger charge is -2.19. The summed E-state index contributed by atoms with van der Waals surface area (Å²) in [5.41, 5.74) is 6.65. The van der Waals surface area contributed by atoms with Crippen LogP contribution in [0.25, 0.3) is 0 Å². The summed E-state index contributed by atoms with van der Waals surface area (Å²) in [5.74, 6) is -1.48. The van der Waals surface area contributed by atoms with Gasteiger partial charge in [-0.1, -0.05) is 37.3 Å². The summed E-state index contributed by atoms with van der Waals surface area (Å²) in [5, 5.41) is 11.4. The molecular weight excluding hydrogens is 244 g/mol. The molecule has 0 unspecified atom stereocenters. The third-order valence-corrected chi connectivity index (χ3v) is 2.90. The maximum Gasteiger partial charge on any atom is 0.305 e. The second-order valence-corrected chi connectivity index (χ2v) is 4.51. The van der Waals surface area contributed by atoms with Gasteiger partial charge in [-0.25, -0.2) is 0 Å². The predicted molar refractivity (Wildman–Crippen MR) is 72.6 cm³/mol. The van der Waals surface area contributed by atoms with Gasteiger partial charge >= 0.3 is 5.97 Å². The number of carbonyl (C=O) groups is 2. The highest BCUT2D eigenvalue weighted by atomic mass is 16.4. The lowest BCUT2D eigenvalue weighted by Crippen LogP contribution is -2.46. The molecule has 19 heavy (non-hydrogen) atoms. The molecule has 0 heterocycles. The van der Waals surface area contributed by atoms with Crippen molar-refractivity contribution in [2.45, 2.75) is 38.3 Å². The molecule has 1 amide bonds. The van der Waals surface area contributed by atoms with Crippen LogP contribution < -0.4 is 11.1 Å². The number of benzene rings is 1. The predicted octanol–water partition coefficient (Wildman–Crippen LogP) is 0.926. The minimum absolute atomic E-state index is 0.0326. The van der Waals surface area contributed by atoms with Gasteiger partial charge in [0.15, 0.2) is 0 Å². The highest BCUT2D eigenvalue weighted by Gasteiger charge is 2.19. The second-order valence-electron chi connectivity index (χ2n) is 4.51. The first kappa shape index (κ1) is 15.2. The molecule has 0 aliphatic heterocycles. The number of hydrogen-bond donors (Lipinski definition) is 3. The van der Waals surface area contributed by atoms with E-state index in [1.165, 1.54) is 0 Å². The maximum atomic E-state index is 11.7. The summed E-state index contributed by atoms with van der Waals surface area (Å²) in [6.45, 7) is 1.97. The molecule has 1 aromatic rings. The van der Waals surface area contributed by atoms with Gasteiger partial charge in [0.25, 0.3) is 0 Å². The zero-order valence-corrected chi connectivity index (χ0v) is 11.0. The minimum atomic E-state index is -1.07. The molecule has 5 heteroatoms. The lowest BCUT2D eigenvalue weighted by atomic mass is 10.0. The zero-order chi connectivity index (χ0) is 14.3. The van der Waals surface area contributed by atoms with Crippen LogP contribution in [0, 0.1) is 0 Å². The summed E-state index contributed by atoms with van der Waals surface area (Å²) < 4.78 is 0. The minimum Gasteiger partial charge on any atom is -0.481 e. The molecule has 0 saturated heterocycles. The molecule has 0 fully saturated rings. The molecule has 0 bridgehead atoms. The molecule has 0 radical (unpaired) electrons. The van der Waals surface area contributed by atoms with Crippen LogP contribution in [0.4, 0.5) is 0 Å². The van der Waals surface area contributed by atoms with Gasteiger partial charge in [0.1, 0.15) is 0 Å². The van der Waals surface area contributed by atoms with E-state index in [2.05, 4.69) is 5.32 Å². The summed E-state index contributed by atoms with van der Waals surface area (Å²) in [7, 11) is 0. The van der Waals surface area contributed by atoms with Crippen molar-refractivity contribution in [1.82, 2.24) is 5.32 Å². The van der Waals surface area contributed by atoms with Gasteiger partial charge in [-0.2, -0.15) is 0 Å². The molecule has 5 nitrogen and oxygen atoms in total. The Morgan fingerprint density at radius 2 is 1.95 bits per heavy atom. The van der Waals surface area contributed by atoms with Crippen LogP contribution in [0.3, 0.4) is 0 Å². The van der Waals surface area contributed by atoms with E-state index in [0.29, 0.717) is 6.42 Å². The van der Waals surface area contributed by atoms with Crippen LogP contribution in [0.2, 0.25) is 0 Å². The van der Waals surface area contributed by atoms with Gasteiger partial charge in [0, 0.05) is 6.04 Å². The van der Waals surface area contributed by atoms with E-state index >= 15 is 0 Å². The molecule has 0 aliphatic rings. The van der Waals surface area contributed by atoms with Crippen LogP contribution in [-0.4, -0.2) is 29.1 Å². The Hall–Kier alpha value is -1.88. The number of carboxylic acids is 1. The van der Waals surface area contributed by atoms with E-state index in [1.54, 1.807) is 0 Å². The first-order valence-electron chi connectivity index (χ1n) is 6.34. The number of hydrogen-bond acceptors (Lipinski definition) is 3. The SMILES string of the molecule is CC[C@@H](Cc1ccccc1)NC(=O)[C@H](N)CC(=O)O. The molecule has 0 aliphatic carbocycles. The van der Waals surface area contributed by atoms with E-state index < -0.39 is 17.9 Å². The highest BCUT2D eigenvalue weighted by molar-refractivity contribution is 5.86. The van der Waals surface area contributed by atoms with E-state index in [1.807, 2.05) is 37.3 Å². The van der Waals surface area contributed by atoms with Gasteiger partial charge < -0.3 is 16.2 Å². The van der Waals surface area contributed by atoms with Crippen molar-refractivity contribution in [2.24, 2.45) is 5.73 Å². The Morgan fingerprint density at radius 1 is 1.32 bits per heavy atom. The topological polar surface area (TPSA) is 92.4 Å². The van der Waals surface area contributed by atoms with Gasteiger partial charge in [-0.3, -0.25) is 9.59 Å². The Balaban J connectivity index is 2.52. The van der Waals surface area contributed by atoms with Crippen molar-refractivity contribution in [3.63, 3.8) is 0 Å². The third-order valence-electron chi connectivity index (χ3n) is 2.90. The third kappa shape index (κ3) is 5.52. The van der Waals surface area contributed by atoms with Gasteiger partial charge in [-0.05, 0) is 18.4 Å². The van der Waals surface area contributed by atoms with E-state index in [4.69, 9.17) is 10.8 Å². The molecule has 1 rings (SSSR count). The van der Waals surface area contributed by atoms with Crippen LogP contribution in [0.15, 0.2) is 30.3 Å². The summed E-state index contributed by atoms with van der Waals surface area (Å²) in [6, 6.07) is 8.78. The van der Waals surface area contributed by atoms with Crippen molar-refractivity contribution in [2.75, 3.05) is 0 Å². The average Bonchev–Trinajstić information content (AvgIpc) is 2.38. The standard InChI is InChI=1S/C14H20N2O3/c1-2-11(8-10-6-4-3-5-7-10)16-14(19)12(15)9-13(17)18/h3-7,11-12H,2,8-9,15H2,1H3,(H,16,19)(H,17,18)/t11-,12+/m0/s1. The number of carbonyl (C=O) groups excluding carboxylic acids is 1. The van der Waals surface area contributed by atoms with E-state index in [0.717, 1.165) is 12.0 Å². The Bertz CT molecular complexity index is 420. The van der Waals surface area contributed by atoms with Crippen LogP contribution >= 0.6 is 0 Å². The fourth-order valence-corrected chi connectivity index (χ4v) is 1.79. The number of aliphatic carboxylic acids is 1. The van der Waals surface area contributed by atoms with Gasteiger partial charge in [0.05, 0.1) is 12.5 Å². The molecule has 0 saturated carbocycles. The molecule has 104 valence electrons. The number of nitrogens with one attached hydrogen (secondary N) is 1.